The maximum Gasteiger partial charge on any atom is 0.387 e. The van der Waals surface area contributed by atoms with Crippen LogP contribution in [-0.4, -0.2) is 57.6 Å². The molecule has 2 aliphatic carbocycles. The first-order chi connectivity index (χ1) is 15.4. The second-order valence-electron chi connectivity index (χ2n) is 10.00. The van der Waals surface area contributed by atoms with Crippen LogP contribution in [0.5, 0.6) is 5.75 Å². The Hall–Kier alpha value is -2.26. The van der Waals surface area contributed by atoms with E-state index in [0.29, 0.717) is 41.5 Å². The molecule has 2 saturated heterocycles. The topological polar surface area (TPSA) is 78.4 Å². The van der Waals surface area contributed by atoms with E-state index < -0.39 is 6.61 Å². The van der Waals surface area contributed by atoms with Crippen molar-refractivity contribution in [2.24, 2.45) is 11.8 Å². The summed E-state index contributed by atoms with van der Waals surface area (Å²) in [5.41, 5.74) is 8.29. The Morgan fingerprint density at radius 3 is 2.56 bits per heavy atom. The molecule has 2 saturated carbocycles. The lowest BCUT2D eigenvalue weighted by atomic mass is 10.0. The van der Waals surface area contributed by atoms with E-state index in [1.54, 1.807) is 6.20 Å². The summed E-state index contributed by atoms with van der Waals surface area (Å²) in [6.07, 6.45) is 5.70. The number of likely N-dealkylation sites (tertiary alicyclic amines) is 1. The highest BCUT2D eigenvalue weighted by Gasteiger charge is 2.60. The number of hydrogen-bond acceptors (Lipinski definition) is 6. The van der Waals surface area contributed by atoms with Gasteiger partial charge in [-0.25, -0.2) is 4.98 Å². The fraction of sp³-hybridized carbons (Fsp3) is 0.652. The Labute approximate surface area is 185 Å². The predicted octanol–water partition coefficient (Wildman–Crippen LogP) is 3.67. The molecular formula is C23H29F2N5O2. The minimum atomic E-state index is -2.95. The van der Waals surface area contributed by atoms with Gasteiger partial charge in [0.1, 0.15) is 0 Å². The Kier molecular flexibility index (Phi) is 4.69. The Bertz CT molecular complexity index is 1020. The van der Waals surface area contributed by atoms with Gasteiger partial charge in [0.25, 0.3) is 0 Å². The molecule has 6 rings (SSSR count). The van der Waals surface area contributed by atoms with Crippen LogP contribution in [0.1, 0.15) is 50.8 Å². The zero-order valence-corrected chi connectivity index (χ0v) is 18.3. The number of fused-ring (bicyclic) bond motifs is 3. The van der Waals surface area contributed by atoms with Crippen LogP contribution in [0.4, 0.5) is 14.6 Å². The number of morpholine rings is 1. The summed E-state index contributed by atoms with van der Waals surface area (Å²) in [4.78, 5) is 6.74. The average molecular weight is 446 g/mol. The summed E-state index contributed by atoms with van der Waals surface area (Å²) in [6.45, 7) is 3.29. The smallest absolute Gasteiger partial charge is 0.387 e. The summed E-state index contributed by atoms with van der Waals surface area (Å²) >= 11 is 0. The van der Waals surface area contributed by atoms with Crippen molar-refractivity contribution in [3.8, 4) is 17.0 Å². The van der Waals surface area contributed by atoms with E-state index >= 15 is 0 Å². The quantitative estimate of drug-likeness (QED) is 0.731. The number of halogens is 2. The average Bonchev–Trinajstić information content (AvgIpc) is 3.33. The molecule has 0 amide bonds. The summed E-state index contributed by atoms with van der Waals surface area (Å²) in [7, 11) is 0. The van der Waals surface area contributed by atoms with Crippen LogP contribution in [0.15, 0.2) is 18.3 Å². The van der Waals surface area contributed by atoms with Crippen LogP contribution >= 0.6 is 0 Å². The molecule has 9 heteroatoms. The minimum Gasteiger partial charge on any atom is -0.431 e. The van der Waals surface area contributed by atoms with E-state index in [-0.39, 0.29) is 17.6 Å². The largest absolute Gasteiger partial charge is 0.431 e. The first kappa shape index (κ1) is 20.4. The van der Waals surface area contributed by atoms with Crippen molar-refractivity contribution in [3.63, 3.8) is 0 Å². The summed E-state index contributed by atoms with van der Waals surface area (Å²) in [6, 6.07) is 5.12. The molecule has 32 heavy (non-hydrogen) atoms. The first-order valence-electron chi connectivity index (χ1n) is 11.6. The van der Waals surface area contributed by atoms with Gasteiger partial charge in [-0.15, -0.1) is 0 Å². The number of anilines is 1. The van der Waals surface area contributed by atoms with Crippen LogP contribution in [0.2, 0.25) is 0 Å². The van der Waals surface area contributed by atoms with E-state index in [1.807, 2.05) is 0 Å². The van der Waals surface area contributed by atoms with Crippen molar-refractivity contribution in [3.05, 3.63) is 24.0 Å². The van der Waals surface area contributed by atoms with Crippen molar-refractivity contribution in [2.45, 2.75) is 69.9 Å². The lowest BCUT2D eigenvalue weighted by molar-refractivity contribution is -0.0494. The second-order valence-corrected chi connectivity index (χ2v) is 10.00. The monoisotopic (exact) mass is 445 g/mol. The summed E-state index contributed by atoms with van der Waals surface area (Å²) in [5.74, 6) is 1.74. The molecule has 2 bridgehead atoms. The fourth-order valence-corrected chi connectivity index (χ4v) is 6.40. The third-order valence-corrected chi connectivity index (χ3v) is 7.82. The van der Waals surface area contributed by atoms with Crippen LogP contribution < -0.4 is 10.5 Å². The number of hydrogen-bond donors (Lipinski definition) is 1. The van der Waals surface area contributed by atoms with Gasteiger partial charge >= 0.3 is 6.61 Å². The van der Waals surface area contributed by atoms with Gasteiger partial charge in [0, 0.05) is 48.0 Å². The van der Waals surface area contributed by atoms with Crippen LogP contribution in [0.25, 0.3) is 11.3 Å². The molecule has 2 aromatic heterocycles. The molecule has 4 fully saturated rings. The van der Waals surface area contributed by atoms with Crippen molar-refractivity contribution >= 4 is 5.82 Å². The number of rotatable bonds is 6. The lowest BCUT2D eigenvalue weighted by Gasteiger charge is -2.33. The molecule has 2 N–H and O–H groups in total. The van der Waals surface area contributed by atoms with Crippen molar-refractivity contribution in [1.82, 2.24) is 19.7 Å². The van der Waals surface area contributed by atoms with Gasteiger partial charge in [-0.05, 0) is 57.1 Å². The van der Waals surface area contributed by atoms with Gasteiger partial charge in [0.15, 0.2) is 11.6 Å². The molecule has 1 unspecified atom stereocenters. The molecule has 2 aromatic rings. The lowest BCUT2D eigenvalue weighted by Crippen LogP contribution is -2.43. The Morgan fingerprint density at radius 2 is 1.94 bits per heavy atom. The van der Waals surface area contributed by atoms with Gasteiger partial charge in [-0.1, -0.05) is 0 Å². The third kappa shape index (κ3) is 3.28. The summed E-state index contributed by atoms with van der Waals surface area (Å²) in [5, 5.41) is 4.81. The molecule has 7 nitrogen and oxygen atoms in total. The molecule has 4 heterocycles. The first-order valence-corrected chi connectivity index (χ1v) is 11.6. The van der Waals surface area contributed by atoms with Crippen LogP contribution in [0.3, 0.4) is 0 Å². The van der Waals surface area contributed by atoms with Gasteiger partial charge in [-0.2, -0.15) is 13.9 Å². The highest BCUT2D eigenvalue weighted by atomic mass is 19.3. The number of alkyl halides is 2. The zero-order valence-electron chi connectivity index (χ0n) is 18.3. The fourth-order valence-electron chi connectivity index (χ4n) is 6.40. The number of nitrogens with zero attached hydrogens (tertiary/aromatic N) is 4. The molecule has 2 aliphatic heterocycles. The van der Waals surface area contributed by atoms with Gasteiger partial charge in [0.05, 0.1) is 18.4 Å². The maximum atomic E-state index is 12.7. The molecular weight excluding hydrogens is 416 g/mol. The number of aromatic nitrogens is 3. The standard InChI is InChI=1S/C23H29F2N5O2/c1-11(2)30-19(7-18(28-30)12-3-20(32-23(24)25)22(26)27-8-12)21-16-5-13(6-17(16)21)29-9-15-4-14(29)10-31-15/h3,7-8,11,13-17,21,23H,4-6,9-10H2,1-2H3,(H2,26,27)/t13?,14-,15-,16-,17+,21+/m0/s1. The van der Waals surface area contributed by atoms with Crippen molar-refractivity contribution < 1.29 is 18.3 Å². The second kappa shape index (κ2) is 7.38. The molecule has 0 radical (unpaired) electrons. The van der Waals surface area contributed by atoms with E-state index in [1.165, 1.54) is 31.0 Å². The Morgan fingerprint density at radius 1 is 1.16 bits per heavy atom. The number of nitrogens with two attached hydrogens (primary N) is 1. The van der Waals surface area contributed by atoms with Crippen molar-refractivity contribution in [1.29, 1.82) is 0 Å². The predicted molar refractivity (Wildman–Crippen MR) is 114 cm³/mol. The van der Waals surface area contributed by atoms with E-state index in [2.05, 4.69) is 39.2 Å². The normalized spacial score (nSPS) is 33.4. The molecule has 172 valence electrons. The van der Waals surface area contributed by atoms with Crippen LogP contribution in [0, 0.1) is 11.8 Å². The van der Waals surface area contributed by atoms with E-state index in [0.717, 1.165) is 18.8 Å². The highest BCUT2D eigenvalue weighted by molar-refractivity contribution is 5.64. The Balaban J connectivity index is 1.22. The van der Waals surface area contributed by atoms with Crippen molar-refractivity contribution in [2.75, 3.05) is 18.9 Å². The molecule has 6 atom stereocenters. The van der Waals surface area contributed by atoms with Gasteiger partial charge < -0.3 is 15.2 Å². The third-order valence-electron chi connectivity index (χ3n) is 7.82. The van der Waals surface area contributed by atoms with E-state index in [9.17, 15) is 8.78 Å². The maximum absolute atomic E-state index is 12.7. The van der Waals surface area contributed by atoms with Crippen LogP contribution in [-0.2, 0) is 4.74 Å². The molecule has 0 aromatic carbocycles. The molecule has 4 aliphatic rings. The van der Waals surface area contributed by atoms with E-state index in [4.69, 9.17) is 15.6 Å². The summed E-state index contributed by atoms with van der Waals surface area (Å²) < 4.78 is 37.8. The SMILES string of the molecule is CC(C)n1nc(-c2cnc(N)c(OC(F)F)c2)cc1[C@H]1[C@@H]2CC(N3C[C@@H]4C[C@H]3CO4)C[C@@H]21. The zero-order chi connectivity index (χ0) is 22.1. The van der Waals surface area contributed by atoms with Gasteiger partial charge in [0.2, 0.25) is 0 Å². The molecule has 0 spiro atoms. The highest BCUT2D eigenvalue weighted by Crippen LogP contribution is 2.64. The number of nitrogen functional groups attached to an aromatic ring is 1. The number of pyridine rings is 1. The van der Waals surface area contributed by atoms with Gasteiger partial charge in [-0.3, -0.25) is 9.58 Å². The minimum absolute atomic E-state index is 0.0543. The number of ether oxygens (including phenoxy) is 2.